The normalized spacial score (nSPS) is 46.3. The van der Waals surface area contributed by atoms with Crippen molar-refractivity contribution in [2.24, 2.45) is 17.8 Å². The molecule has 248 valence electrons. The molecule has 46 heavy (non-hydrogen) atoms. The Balaban J connectivity index is 1.19. The highest BCUT2D eigenvalue weighted by atomic mass is 32.2. The molecule has 3 N–H and O–H groups in total. The molecule has 0 radical (unpaired) electrons. The molecule has 13 atom stereocenters. The number of benzene rings is 1. The topological polar surface area (TPSA) is 157 Å². The van der Waals surface area contributed by atoms with Gasteiger partial charge in [-0.05, 0) is 56.9 Å². The summed E-state index contributed by atoms with van der Waals surface area (Å²) in [6.07, 6.45) is 2.69. The maximum atomic E-state index is 14.2. The van der Waals surface area contributed by atoms with Gasteiger partial charge >= 0.3 is 5.97 Å². The lowest BCUT2D eigenvalue weighted by atomic mass is 9.56. The van der Waals surface area contributed by atoms with Gasteiger partial charge in [0.2, 0.25) is 0 Å². The van der Waals surface area contributed by atoms with Crippen LogP contribution >= 0.6 is 0 Å². The van der Waals surface area contributed by atoms with Crippen molar-refractivity contribution in [1.82, 2.24) is 9.88 Å². The van der Waals surface area contributed by atoms with Crippen LogP contribution in [0.2, 0.25) is 0 Å². The summed E-state index contributed by atoms with van der Waals surface area (Å²) in [4.78, 5) is 20.5. The minimum absolute atomic E-state index is 0.0877. The lowest BCUT2D eigenvalue weighted by Crippen LogP contribution is -2.82. The van der Waals surface area contributed by atoms with Crippen LogP contribution in [0.5, 0.6) is 0 Å². The van der Waals surface area contributed by atoms with Gasteiger partial charge in [0.15, 0.2) is 5.03 Å². The van der Waals surface area contributed by atoms with Crippen LogP contribution in [0.1, 0.15) is 49.4 Å². The van der Waals surface area contributed by atoms with E-state index in [9.17, 15) is 23.4 Å². The van der Waals surface area contributed by atoms with Gasteiger partial charge < -0.3 is 29.2 Å². The van der Waals surface area contributed by atoms with Crippen LogP contribution in [0.15, 0.2) is 53.7 Å². The first-order chi connectivity index (χ1) is 22.0. The van der Waals surface area contributed by atoms with Gasteiger partial charge in [-0.15, -0.1) is 0 Å². The monoisotopic (exact) mass is 655 g/mol. The molecule has 13 heteroatoms. The van der Waals surface area contributed by atoms with Crippen LogP contribution in [-0.2, 0) is 29.0 Å². The summed E-state index contributed by atoms with van der Waals surface area (Å²) in [6.45, 7) is 2.04. The Bertz CT molecular complexity index is 1680. The van der Waals surface area contributed by atoms with Crippen molar-refractivity contribution in [1.29, 1.82) is 0 Å². The second kappa shape index (κ2) is 9.94. The van der Waals surface area contributed by atoms with Gasteiger partial charge in [-0.3, -0.25) is 9.62 Å². The Morgan fingerprint density at radius 2 is 1.78 bits per heavy atom. The van der Waals surface area contributed by atoms with Gasteiger partial charge in [0.25, 0.3) is 10.0 Å². The fourth-order valence-electron chi connectivity index (χ4n) is 11.5. The molecule has 3 aliphatic heterocycles. The number of piperidine rings is 2. The predicted molar refractivity (Wildman–Crippen MR) is 163 cm³/mol. The number of anilines is 1. The number of methoxy groups -OCH3 is 3. The Labute approximate surface area is 268 Å². The SMILES string of the molecule is COC1C[C@]2(O)C3CC4C5(C6CC1[C@H](OC)[C@@]62O)[C@@H](OC)CC[C@@]4(OC(=O)c1ccccc1NS(=O)(=O)c1ccccn1)[C@H](C)N35. The minimum atomic E-state index is -4.07. The van der Waals surface area contributed by atoms with Gasteiger partial charge in [-0.25, -0.2) is 9.78 Å². The lowest BCUT2D eigenvalue weighted by molar-refractivity contribution is -0.314. The van der Waals surface area contributed by atoms with Crippen molar-refractivity contribution in [3.63, 3.8) is 0 Å². The number of hydrogen-bond acceptors (Lipinski definition) is 11. The molecule has 6 fully saturated rings. The highest BCUT2D eigenvalue weighted by Crippen LogP contribution is 2.77. The molecule has 1 aromatic carbocycles. The Kier molecular flexibility index (Phi) is 6.63. The fraction of sp³-hybridized carbons (Fsp3) is 0.636. The number of nitrogens with one attached hydrogen (secondary N) is 1. The van der Waals surface area contributed by atoms with Crippen LogP contribution in [0.3, 0.4) is 0 Å². The number of carbonyl (C=O) groups excluding carboxylic acids is 1. The molecule has 4 heterocycles. The molecule has 3 saturated carbocycles. The molecule has 3 saturated heterocycles. The summed E-state index contributed by atoms with van der Waals surface area (Å²) in [7, 11) is 0.856. The van der Waals surface area contributed by atoms with E-state index in [1.54, 1.807) is 51.7 Å². The number of pyridine rings is 1. The number of rotatable bonds is 8. The number of fused-ring (bicyclic) bond motifs is 2. The average Bonchev–Trinajstić information content (AvgIpc) is 3.58. The second-order valence-corrected chi connectivity index (χ2v) is 15.7. The maximum Gasteiger partial charge on any atom is 0.340 e. The minimum Gasteiger partial charge on any atom is -0.453 e. The van der Waals surface area contributed by atoms with Crippen LogP contribution in [0.4, 0.5) is 5.69 Å². The Hall–Kier alpha value is -2.65. The van der Waals surface area contributed by atoms with Crippen molar-refractivity contribution in [2.75, 3.05) is 26.1 Å². The van der Waals surface area contributed by atoms with E-state index in [-0.39, 0.29) is 52.8 Å². The molecule has 7 unspecified atom stereocenters. The quantitative estimate of drug-likeness (QED) is 0.358. The second-order valence-electron chi connectivity index (χ2n) is 14.0. The molecular weight excluding hydrogens is 614 g/mol. The van der Waals surface area contributed by atoms with E-state index in [2.05, 4.69) is 14.6 Å². The molecule has 7 bridgehead atoms. The van der Waals surface area contributed by atoms with Gasteiger partial charge in [0.05, 0.1) is 35.1 Å². The fourth-order valence-corrected chi connectivity index (χ4v) is 12.5. The van der Waals surface area contributed by atoms with Crippen LogP contribution in [0, 0.1) is 17.8 Å². The largest absolute Gasteiger partial charge is 0.453 e. The zero-order valence-corrected chi connectivity index (χ0v) is 27.1. The molecule has 12 nitrogen and oxygen atoms in total. The molecule has 3 aliphatic carbocycles. The van der Waals surface area contributed by atoms with Gasteiger partial charge in [0.1, 0.15) is 16.8 Å². The zero-order chi connectivity index (χ0) is 32.4. The number of nitrogens with zero attached hydrogens (tertiary/aromatic N) is 2. The first-order valence-electron chi connectivity index (χ1n) is 16.0. The molecule has 2 aromatic rings. The van der Waals surface area contributed by atoms with E-state index in [1.165, 1.54) is 18.3 Å². The maximum absolute atomic E-state index is 14.2. The Morgan fingerprint density at radius 3 is 2.48 bits per heavy atom. The third-order valence-electron chi connectivity index (χ3n) is 12.9. The number of para-hydroxylation sites is 1. The lowest BCUT2D eigenvalue weighted by Gasteiger charge is -2.64. The van der Waals surface area contributed by atoms with E-state index in [4.69, 9.17) is 18.9 Å². The first kappa shape index (κ1) is 30.7. The third kappa shape index (κ3) is 3.42. The van der Waals surface area contributed by atoms with E-state index < -0.39 is 56.4 Å². The van der Waals surface area contributed by atoms with Crippen LogP contribution in [0.25, 0.3) is 0 Å². The van der Waals surface area contributed by atoms with Crippen molar-refractivity contribution in [3.05, 3.63) is 54.2 Å². The number of carbonyl (C=O) groups is 1. The van der Waals surface area contributed by atoms with E-state index in [0.717, 1.165) is 0 Å². The van der Waals surface area contributed by atoms with E-state index >= 15 is 0 Å². The van der Waals surface area contributed by atoms with Crippen molar-refractivity contribution >= 4 is 21.7 Å². The standard InChI is InChI=1S/C33H41N3O9S/c1-18-30(45-29(37)19-9-5-6-10-21(19)35-46(40,41)27-11-7-8-14-34-27)13-12-26(43-3)32-23(30)16-25(36(18)32)31(38)17-22(42-2)20-15-24(32)33(31,39)28(20)44-4/h5-11,14,18,20,22-26,28,35,38-39H,12-13,15-17H2,1-4H3/t18-,20?,22?,23?,24?,25?,26-,28-,30+,31-,32?,33-/m0/s1. The zero-order valence-electron chi connectivity index (χ0n) is 26.3. The van der Waals surface area contributed by atoms with Crippen molar-refractivity contribution in [3.8, 4) is 0 Å². The number of esters is 1. The molecule has 6 aliphatic rings. The number of sulfonamides is 1. The predicted octanol–water partition coefficient (Wildman–Crippen LogP) is 1.96. The average molecular weight is 656 g/mol. The number of aliphatic hydroxyl groups is 2. The summed E-state index contributed by atoms with van der Waals surface area (Å²) in [5.41, 5.74) is -4.54. The highest BCUT2D eigenvalue weighted by molar-refractivity contribution is 7.92. The smallest absolute Gasteiger partial charge is 0.340 e. The van der Waals surface area contributed by atoms with Crippen molar-refractivity contribution in [2.45, 2.75) is 96.8 Å². The van der Waals surface area contributed by atoms with Crippen LogP contribution in [-0.4, -0.2) is 109 Å². The summed E-state index contributed by atoms with van der Waals surface area (Å²) >= 11 is 0. The molecule has 1 spiro atoms. The van der Waals surface area contributed by atoms with Crippen molar-refractivity contribution < 1.29 is 42.4 Å². The van der Waals surface area contributed by atoms with Gasteiger partial charge in [-0.1, -0.05) is 18.2 Å². The molecule has 1 aromatic heterocycles. The van der Waals surface area contributed by atoms with Crippen LogP contribution < -0.4 is 4.72 Å². The molecule has 8 rings (SSSR count). The first-order valence-corrected chi connectivity index (χ1v) is 17.5. The van der Waals surface area contributed by atoms with Gasteiger partial charge in [-0.2, -0.15) is 8.42 Å². The molecular formula is C33H41N3O9S. The van der Waals surface area contributed by atoms with E-state index in [0.29, 0.717) is 25.7 Å². The summed E-state index contributed by atoms with van der Waals surface area (Å²) in [6, 6.07) is 10.2. The number of ether oxygens (including phenoxy) is 4. The number of aromatic nitrogens is 1. The summed E-state index contributed by atoms with van der Waals surface area (Å²) in [5.74, 6) is -1.43. The Morgan fingerprint density at radius 1 is 1.02 bits per heavy atom. The highest BCUT2D eigenvalue weighted by Gasteiger charge is 2.91. The van der Waals surface area contributed by atoms with E-state index in [1.807, 2.05) is 6.92 Å². The number of hydrogen-bond donors (Lipinski definition) is 3. The summed E-state index contributed by atoms with van der Waals surface area (Å²) in [5, 5.41) is 25.3. The third-order valence-corrected chi connectivity index (χ3v) is 14.2. The molecule has 0 amide bonds. The van der Waals surface area contributed by atoms with Gasteiger partial charge in [0, 0.05) is 63.8 Å². The summed E-state index contributed by atoms with van der Waals surface area (Å²) < 4.78 is 53.6.